The molecule has 0 spiro atoms. The number of hydrogen-bond donors (Lipinski definition) is 3. The molecule has 2 rings (SSSR count). The molecule has 0 atom stereocenters. The van der Waals surface area contributed by atoms with Crippen LogP contribution in [0.2, 0.25) is 0 Å². The van der Waals surface area contributed by atoms with Crippen LogP contribution in [0.25, 0.3) is 0 Å². The summed E-state index contributed by atoms with van der Waals surface area (Å²) < 4.78 is 0. The van der Waals surface area contributed by atoms with Crippen LogP contribution in [0, 0.1) is 0 Å². The van der Waals surface area contributed by atoms with E-state index < -0.39 is 0 Å². The molecule has 0 bridgehead atoms. The van der Waals surface area contributed by atoms with Crippen molar-refractivity contribution in [3.05, 3.63) is 59.8 Å². The summed E-state index contributed by atoms with van der Waals surface area (Å²) in [6.07, 6.45) is 1.64. The van der Waals surface area contributed by atoms with Crippen LogP contribution in [0.5, 0.6) is 0 Å². The number of oxime groups is 1. The molecule has 6 nitrogen and oxygen atoms in total. The van der Waals surface area contributed by atoms with E-state index in [4.69, 9.17) is 10.9 Å². The molecular weight excluding hydrogens is 268 g/mol. The van der Waals surface area contributed by atoms with Gasteiger partial charge in [0.15, 0.2) is 5.84 Å². The quantitative estimate of drug-likeness (QED) is 0.321. The Morgan fingerprint density at radius 2 is 1.95 bits per heavy atom. The van der Waals surface area contributed by atoms with Gasteiger partial charge in [0, 0.05) is 19.3 Å². The maximum absolute atomic E-state index is 9.28. The third-order valence-corrected chi connectivity index (χ3v) is 3.06. The van der Waals surface area contributed by atoms with E-state index in [0.717, 1.165) is 5.56 Å². The van der Waals surface area contributed by atoms with Gasteiger partial charge in [-0.3, -0.25) is 0 Å². The number of aliphatic hydroxyl groups excluding tert-OH is 1. The molecule has 0 fully saturated rings. The van der Waals surface area contributed by atoms with Crippen molar-refractivity contribution in [3.8, 4) is 0 Å². The Balaban J connectivity index is 2.34. The van der Waals surface area contributed by atoms with Gasteiger partial charge >= 0.3 is 0 Å². The molecule has 0 amide bonds. The van der Waals surface area contributed by atoms with Crippen LogP contribution in [0.15, 0.2) is 53.8 Å². The van der Waals surface area contributed by atoms with E-state index in [0.29, 0.717) is 24.5 Å². The first-order valence-electron chi connectivity index (χ1n) is 6.59. The molecule has 1 heterocycles. The monoisotopic (exact) mass is 286 g/mol. The Morgan fingerprint density at radius 3 is 2.62 bits per heavy atom. The number of aromatic nitrogens is 1. The zero-order valence-electron chi connectivity index (χ0n) is 11.6. The topological polar surface area (TPSA) is 95.0 Å². The molecule has 1 aromatic carbocycles. The normalized spacial score (nSPS) is 11.4. The van der Waals surface area contributed by atoms with Crippen LogP contribution in [0.4, 0.5) is 5.82 Å². The SMILES string of the molecule is NC(=NO)c1cccnc1N(CCO)Cc1ccccc1. The molecule has 0 aliphatic heterocycles. The standard InChI is InChI=1S/C15H18N4O2/c16-14(18-21)13-7-4-8-17-15(13)19(9-10-20)11-12-5-2-1-3-6-12/h1-8,20-21H,9-11H2,(H2,16,18). The maximum atomic E-state index is 9.28. The lowest BCUT2D eigenvalue weighted by Crippen LogP contribution is -2.30. The van der Waals surface area contributed by atoms with E-state index in [1.807, 2.05) is 35.2 Å². The van der Waals surface area contributed by atoms with Gasteiger partial charge in [0.1, 0.15) is 5.82 Å². The molecule has 21 heavy (non-hydrogen) atoms. The summed E-state index contributed by atoms with van der Waals surface area (Å²) in [4.78, 5) is 6.20. The van der Waals surface area contributed by atoms with Gasteiger partial charge in [-0.2, -0.15) is 0 Å². The smallest absolute Gasteiger partial charge is 0.173 e. The van der Waals surface area contributed by atoms with Gasteiger partial charge in [0.05, 0.1) is 12.2 Å². The molecule has 110 valence electrons. The van der Waals surface area contributed by atoms with Gasteiger partial charge < -0.3 is 20.9 Å². The number of rotatable bonds is 6. The van der Waals surface area contributed by atoms with E-state index in [1.165, 1.54) is 0 Å². The number of anilines is 1. The summed E-state index contributed by atoms with van der Waals surface area (Å²) in [5.74, 6) is 0.569. The third kappa shape index (κ3) is 3.70. The molecule has 0 saturated heterocycles. The lowest BCUT2D eigenvalue weighted by molar-refractivity contribution is 0.301. The second kappa shape index (κ2) is 7.25. The zero-order chi connectivity index (χ0) is 15.1. The minimum Gasteiger partial charge on any atom is -0.409 e. The maximum Gasteiger partial charge on any atom is 0.173 e. The summed E-state index contributed by atoms with van der Waals surface area (Å²) in [5, 5.41) is 21.2. The predicted octanol–water partition coefficient (Wildman–Crippen LogP) is 1.17. The highest BCUT2D eigenvalue weighted by Crippen LogP contribution is 2.19. The van der Waals surface area contributed by atoms with Crippen LogP contribution in [0.1, 0.15) is 11.1 Å². The van der Waals surface area contributed by atoms with Crippen molar-refractivity contribution in [2.45, 2.75) is 6.54 Å². The summed E-state index contributed by atoms with van der Waals surface area (Å²) in [5.41, 5.74) is 7.31. The van der Waals surface area contributed by atoms with Crippen molar-refractivity contribution in [1.82, 2.24) is 4.98 Å². The number of hydrogen-bond acceptors (Lipinski definition) is 5. The van der Waals surface area contributed by atoms with Crippen LogP contribution >= 0.6 is 0 Å². The summed E-state index contributed by atoms with van der Waals surface area (Å²) in [6, 6.07) is 13.3. The fourth-order valence-electron chi connectivity index (χ4n) is 2.09. The number of amidine groups is 1. The molecule has 1 aromatic heterocycles. The molecule has 0 saturated carbocycles. The van der Waals surface area contributed by atoms with Gasteiger partial charge in [-0.1, -0.05) is 35.5 Å². The van der Waals surface area contributed by atoms with Gasteiger partial charge in [0.25, 0.3) is 0 Å². The van der Waals surface area contributed by atoms with E-state index in [1.54, 1.807) is 18.3 Å². The number of benzene rings is 1. The minimum atomic E-state index is -0.0149. The average molecular weight is 286 g/mol. The fourth-order valence-corrected chi connectivity index (χ4v) is 2.09. The van der Waals surface area contributed by atoms with Gasteiger partial charge in [-0.15, -0.1) is 0 Å². The third-order valence-electron chi connectivity index (χ3n) is 3.06. The van der Waals surface area contributed by atoms with Crippen molar-refractivity contribution in [2.24, 2.45) is 10.9 Å². The molecule has 0 radical (unpaired) electrons. The van der Waals surface area contributed by atoms with E-state index in [-0.39, 0.29) is 12.4 Å². The first-order chi connectivity index (χ1) is 10.3. The van der Waals surface area contributed by atoms with E-state index in [9.17, 15) is 5.11 Å². The lowest BCUT2D eigenvalue weighted by atomic mass is 10.2. The Hall–Kier alpha value is -2.60. The highest BCUT2D eigenvalue weighted by Gasteiger charge is 2.15. The predicted molar refractivity (Wildman–Crippen MR) is 81.3 cm³/mol. The van der Waals surface area contributed by atoms with E-state index in [2.05, 4.69) is 10.1 Å². The first kappa shape index (κ1) is 14.8. The highest BCUT2D eigenvalue weighted by molar-refractivity contribution is 6.01. The molecule has 0 aliphatic carbocycles. The summed E-state index contributed by atoms with van der Waals surface area (Å²) in [6.45, 7) is 0.959. The molecular formula is C15H18N4O2. The molecule has 6 heteroatoms. The van der Waals surface area contributed by atoms with Crippen molar-refractivity contribution < 1.29 is 10.3 Å². The number of pyridine rings is 1. The summed E-state index contributed by atoms with van der Waals surface area (Å²) in [7, 11) is 0. The van der Waals surface area contributed by atoms with Crippen molar-refractivity contribution in [3.63, 3.8) is 0 Å². The molecule has 0 aliphatic rings. The molecule has 2 aromatic rings. The second-order valence-corrected chi connectivity index (χ2v) is 4.49. The highest BCUT2D eigenvalue weighted by atomic mass is 16.4. The van der Waals surface area contributed by atoms with Crippen molar-refractivity contribution >= 4 is 11.7 Å². The van der Waals surface area contributed by atoms with Crippen LogP contribution in [-0.2, 0) is 6.54 Å². The summed E-state index contributed by atoms with van der Waals surface area (Å²) >= 11 is 0. The number of nitrogens with two attached hydrogens (primary N) is 1. The fraction of sp³-hybridized carbons (Fsp3) is 0.200. The lowest BCUT2D eigenvalue weighted by Gasteiger charge is -2.24. The van der Waals surface area contributed by atoms with Crippen LogP contribution in [-0.4, -0.2) is 34.3 Å². The molecule has 4 N–H and O–H groups in total. The average Bonchev–Trinajstić information content (AvgIpc) is 2.55. The second-order valence-electron chi connectivity index (χ2n) is 4.49. The van der Waals surface area contributed by atoms with Crippen LogP contribution in [0.3, 0.4) is 0 Å². The Morgan fingerprint density at radius 1 is 1.19 bits per heavy atom. The van der Waals surface area contributed by atoms with Gasteiger partial charge in [0.2, 0.25) is 0 Å². The Bertz CT molecular complexity index is 602. The number of aliphatic hydroxyl groups is 1. The number of nitrogens with zero attached hydrogens (tertiary/aromatic N) is 3. The molecule has 0 unspecified atom stereocenters. The van der Waals surface area contributed by atoms with Crippen molar-refractivity contribution in [1.29, 1.82) is 0 Å². The van der Waals surface area contributed by atoms with Crippen molar-refractivity contribution in [2.75, 3.05) is 18.1 Å². The Labute approximate surface area is 123 Å². The van der Waals surface area contributed by atoms with Gasteiger partial charge in [-0.25, -0.2) is 4.98 Å². The zero-order valence-corrected chi connectivity index (χ0v) is 11.6. The Kier molecular flexibility index (Phi) is 5.11. The van der Waals surface area contributed by atoms with Crippen LogP contribution < -0.4 is 10.6 Å². The minimum absolute atomic E-state index is 0.00546. The van der Waals surface area contributed by atoms with E-state index >= 15 is 0 Å². The van der Waals surface area contributed by atoms with Gasteiger partial charge in [-0.05, 0) is 17.7 Å². The largest absolute Gasteiger partial charge is 0.409 e. The first-order valence-corrected chi connectivity index (χ1v) is 6.59.